The third-order valence-corrected chi connectivity index (χ3v) is 8.77. The summed E-state index contributed by atoms with van der Waals surface area (Å²) in [4.78, 5) is 17.8. The predicted molar refractivity (Wildman–Crippen MR) is 167 cm³/mol. The van der Waals surface area contributed by atoms with Crippen LogP contribution in [0.4, 0.5) is 13.2 Å². The Morgan fingerprint density at radius 1 is 0.727 bits per heavy atom. The van der Waals surface area contributed by atoms with E-state index in [1.807, 2.05) is 42.5 Å². The number of rotatable bonds is 8. The lowest BCUT2D eigenvalue weighted by Gasteiger charge is -2.32. The van der Waals surface area contributed by atoms with Gasteiger partial charge in [-0.3, -0.25) is 14.6 Å². The van der Waals surface area contributed by atoms with E-state index < -0.39 is 11.7 Å². The zero-order valence-corrected chi connectivity index (χ0v) is 24.7. The summed E-state index contributed by atoms with van der Waals surface area (Å²) in [5.74, 6) is 0.773. The Bertz CT molecular complexity index is 1540. The molecule has 0 aliphatic carbocycles. The number of amides is 1. The first kappa shape index (κ1) is 30.2. The maximum atomic E-state index is 13.1. The molecule has 4 aromatic carbocycles. The van der Waals surface area contributed by atoms with Crippen LogP contribution in [0.2, 0.25) is 0 Å². The van der Waals surface area contributed by atoms with E-state index in [0.717, 1.165) is 92.6 Å². The molecule has 0 atom stereocenters. The van der Waals surface area contributed by atoms with Crippen LogP contribution >= 0.6 is 0 Å². The van der Waals surface area contributed by atoms with Gasteiger partial charge in [-0.1, -0.05) is 54.6 Å². The minimum absolute atomic E-state index is 0.0307. The summed E-state index contributed by atoms with van der Waals surface area (Å²) in [7, 11) is 0. The van der Waals surface area contributed by atoms with E-state index in [9.17, 15) is 18.0 Å². The molecule has 44 heavy (non-hydrogen) atoms. The monoisotopic (exact) mass is 601 g/mol. The van der Waals surface area contributed by atoms with E-state index in [-0.39, 0.29) is 18.1 Å². The molecule has 0 aromatic heterocycles. The molecule has 2 aliphatic rings. The minimum Gasteiger partial charge on any atom is -0.490 e. The van der Waals surface area contributed by atoms with E-state index in [4.69, 9.17) is 4.74 Å². The highest BCUT2D eigenvalue weighted by molar-refractivity contribution is 5.99. The highest BCUT2D eigenvalue weighted by Crippen LogP contribution is 2.30. The van der Waals surface area contributed by atoms with Gasteiger partial charge in [0.05, 0.1) is 5.56 Å². The van der Waals surface area contributed by atoms with E-state index in [1.54, 1.807) is 12.1 Å². The van der Waals surface area contributed by atoms with Crippen molar-refractivity contribution in [3.05, 3.63) is 113 Å². The lowest BCUT2D eigenvalue weighted by Crippen LogP contribution is -2.44. The van der Waals surface area contributed by atoms with Crippen molar-refractivity contribution in [2.45, 2.75) is 57.1 Å². The molecule has 5 nitrogen and oxygen atoms in total. The van der Waals surface area contributed by atoms with Crippen molar-refractivity contribution in [3.63, 3.8) is 0 Å². The molecule has 0 spiro atoms. The summed E-state index contributed by atoms with van der Waals surface area (Å²) >= 11 is 0. The highest BCUT2D eigenvalue weighted by atomic mass is 19.4. The number of hydrogen-bond donors (Lipinski definition) is 1. The van der Waals surface area contributed by atoms with E-state index in [0.29, 0.717) is 12.1 Å². The van der Waals surface area contributed by atoms with Crippen molar-refractivity contribution in [2.75, 3.05) is 26.2 Å². The van der Waals surface area contributed by atoms with Gasteiger partial charge < -0.3 is 10.1 Å². The molecule has 1 amide bonds. The number of halogens is 3. The van der Waals surface area contributed by atoms with Crippen molar-refractivity contribution >= 4 is 16.7 Å². The number of fused-ring (bicyclic) bond motifs is 1. The van der Waals surface area contributed by atoms with Crippen LogP contribution in [0.3, 0.4) is 0 Å². The number of carbonyl (C=O) groups excluding carboxylic acids is 1. The number of carbonyl (C=O) groups is 1. The molecule has 0 bridgehead atoms. The maximum Gasteiger partial charge on any atom is 0.416 e. The number of ether oxygens (including phenoxy) is 1. The van der Waals surface area contributed by atoms with Crippen molar-refractivity contribution in [3.8, 4) is 5.75 Å². The van der Waals surface area contributed by atoms with Crippen LogP contribution in [0.25, 0.3) is 10.8 Å². The summed E-state index contributed by atoms with van der Waals surface area (Å²) in [6, 6.07) is 27.9. The van der Waals surface area contributed by atoms with E-state index >= 15 is 0 Å². The van der Waals surface area contributed by atoms with Crippen LogP contribution in [0, 0.1) is 0 Å². The second-order valence-electron chi connectivity index (χ2n) is 12.0. The van der Waals surface area contributed by atoms with Gasteiger partial charge in [-0.2, -0.15) is 13.2 Å². The molecule has 0 saturated carbocycles. The summed E-state index contributed by atoms with van der Waals surface area (Å²) in [5.41, 5.74) is 2.25. The zero-order valence-electron chi connectivity index (χ0n) is 24.7. The van der Waals surface area contributed by atoms with Crippen molar-refractivity contribution < 1.29 is 22.7 Å². The molecule has 2 heterocycles. The Morgan fingerprint density at radius 2 is 1.32 bits per heavy atom. The Kier molecular flexibility index (Phi) is 9.19. The molecular formula is C36H38F3N3O2. The van der Waals surface area contributed by atoms with Crippen LogP contribution in [-0.4, -0.2) is 54.0 Å². The van der Waals surface area contributed by atoms with Gasteiger partial charge in [0.25, 0.3) is 5.91 Å². The quantitative estimate of drug-likeness (QED) is 0.230. The van der Waals surface area contributed by atoms with Crippen LogP contribution in [0.1, 0.15) is 52.7 Å². The van der Waals surface area contributed by atoms with E-state index in [2.05, 4.69) is 39.4 Å². The average molecular weight is 602 g/mol. The minimum atomic E-state index is -4.31. The van der Waals surface area contributed by atoms with Crippen molar-refractivity contribution in [1.29, 1.82) is 0 Å². The fraction of sp³-hybridized carbons (Fsp3) is 0.361. The van der Waals surface area contributed by atoms with Gasteiger partial charge in [0, 0.05) is 50.9 Å². The van der Waals surface area contributed by atoms with Crippen molar-refractivity contribution in [2.24, 2.45) is 0 Å². The average Bonchev–Trinajstić information content (AvgIpc) is 3.03. The molecule has 0 unspecified atom stereocenters. The van der Waals surface area contributed by atoms with Gasteiger partial charge in [0.1, 0.15) is 11.9 Å². The molecule has 6 rings (SSSR count). The summed E-state index contributed by atoms with van der Waals surface area (Å²) in [5, 5.41) is 5.25. The van der Waals surface area contributed by atoms with Gasteiger partial charge in [0.2, 0.25) is 0 Å². The number of hydrogen-bond acceptors (Lipinski definition) is 4. The normalized spacial score (nSPS) is 17.5. The third kappa shape index (κ3) is 7.79. The molecular weight excluding hydrogens is 563 g/mol. The van der Waals surface area contributed by atoms with Gasteiger partial charge in [-0.25, -0.2) is 0 Å². The van der Waals surface area contributed by atoms with Gasteiger partial charge in [-0.05, 0) is 84.0 Å². The van der Waals surface area contributed by atoms with E-state index in [1.165, 1.54) is 5.56 Å². The highest BCUT2D eigenvalue weighted by Gasteiger charge is 2.30. The zero-order chi connectivity index (χ0) is 30.5. The topological polar surface area (TPSA) is 44.8 Å². The molecule has 230 valence electrons. The van der Waals surface area contributed by atoms with Gasteiger partial charge in [-0.15, -0.1) is 0 Å². The molecule has 2 fully saturated rings. The second-order valence-corrected chi connectivity index (χ2v) is 12.0. The molecule has 2 saturated heterocycles. The molecule has 2 aliphatic heterocycles. The smallest absolute Gasteiger partial charge is 0.416 e. The number of alkyl halides is 3. The Labute approximate surface area is 256 Å². The lowest BCUT2D eigenvalue weighted by atomic mass is 10.0. The fourth-order valence-corrected chi connectivity index (χ4v) is 6.22. The number of piperidine rings is 2. The van der Waals surface area contributed by atoms with Crippen LogP contribution in [-0.2, 0) is 19.3 Å². The first-order chi connectivity index (χ1) is 21.3. The number of nitrogens with zero attached hydrogens (tertiary/aromatic N) is 2. The van der Waals surface area contributed by atoms with Crippen LogP contribution < -0.4 is 10.1 Å². The Morgan fingerprint density at radius 3 is 1.98 bits per heavy atom. The molecule has 8 heteroatoms. The number of nitrogens with one attached hydrogen (secondary N) is 1. The van der Waals surface area contributed by atoms with Gasteiger partial charge in [0.15, 0.2) is 0 Å². The summed E-state index contributed by atoms with van der Waals surface area (Å²) < 4.78 is 44.8. The van der Waals surface area contributed by atoms with Crippen LogP contribution in [0.15, 0.2) is 91.0 Å². The maximum absolute atomic E-state index is 13.1. The van der Waals surface area contributed by atoms with Crippen LogP contribution in [0.5, 0.6) is 5.75 Å². The number of benzene rings is 4. The Hall–Kier alpha value is -3.88. The molecule has 1 N–H and O–H groups in total. The van der Waals surface area contributed by atoms with Crippen molar-refractivity contribution in [1.82, 2.24) is 15.1 Å². The fourth-order valence-electron chi connectivity index (χ4n) is 6.22. The number of likely N-dealkylation sites (tertiary alicyclic amines) is 2. The van der Waals surface area contributed by atoms with Gasteiger partial charge >= 0.3 is 6.18 Å². The molecule has 0 radical (unpaired) electrons. The summed E-state index contributed by atoms with van der Waals surface area (Å²) in [6.45, 7) is 5.16. The first-order valence-corrected chi connectivity index (χ1v) is 15.4. The SMILES string of the molecule is O=C(NC1CCN(Cc2ccccc2)CC1)c1ccc2cc(OC3CCN(Cc4ccc(C(F)(F)F)cc4)CC3)ccc2c1. The first-order valence-electron chi connectivity index (χ1n) is 15.4. The standard InChI is InChI=1S/C36H38F3N3O2/c37-36(38,39)31-11-6-27(7-12-31)25-42-20-16-33(17-21-42)44-34-13-10-28-22-30(9-8-29(28)23-34)35(43)40-32-14-18-41(19-15-32)24-26-4-2-1-3-5-26/h1-13,22-23,32-33H,14-21,24-25H2,(H,40,43). The third-order valence-electron chi connectivity index (χ3n) is 8.77. The second kappa shape index (κ2) is 13.4. The molecule has 4 aromatic rings. The summed E-state index contributed by atoms with van der Waals surface area (Å²) in [6.07, 6.45) is -0.636. The lowest BCUT2D eigenvalue weighted by molar-refractivity contribution is -0.137. The largest absolute Gasteiger partial charge is 0.490 e. The Balaban J connectivity index is 0.964. The predicted octanol–water partition coefficient (Wildman–Crippen LogP) is 7.30.